The Morgan fingerprint density at radius 1 is 1.20 bits per heavy atom. The Kier molecular flexibility index (Phi) is 8.26. The molecule has 0 spiro atoms. The van der Waals surface area contributed by atoms with Gasteiger partial charge in [0, 0.05) is 13.1 Å². The maximum Gasteiger partial charge on any atom is 0.408 e. The summed E-state index contributed by atoms with van der Waals surface area (Å²) in [4.78, 5) is 21.2. The number of alkyl carbamates (subject to hydrolysis) is 1. The van der Waals surface area contributed by atoms with Crippen molar-refractivity contribution < 1.29 is 13.9 Å². The molecule has 0 aliphatic carbocycles. The molecule has 2 rings (SSSR count). The molecule has 0 saturated heterocycles. The fourth-order valence-electron chi connectivity index (χ4n) is 2.68. The van der Waals surface area contributed by atoms with E-state index in [2.05, 4.69) is 25.9 Å². The van der Waals surface area contributed by atoms with Crippen molar-refractivity contribution in [3.8, 4) is 0 Å². The van der Waals surface area contributed by atoms with Gasteiger partial charge in [0.1, 0.15) is 17.9 Å². The zero-order valence-electron chi connectivity index (χ0n) is 18.7. The lowest BCUT2D eigenvalue weighted by Gasteiger charge is -2.24. The van der Waals surface area contributed by atoms with Gasteiger partial charge in [-0.15, -0.1) is 0 Å². The second-order valence-corrected chi connectivity index (χ2v) is 7.93. The molecule has 1 atom stereocenters. The van der Waals surface area contributed by atoms with Crippen molar-refractivity contribution in [2.75, 3.05) is 13.1 Å². The Morgan fingerprint density at radius 3 is 2.47 bits per heavy atom. The Labute approximate surface area is 178 Å². The standard InChI is InChI=1S/C22H33N5O3/c1-7-23-20(25-14-19-26-15(2)16(3)29-19)24-13-18(17-11-9-8-10-12-17)27-21(28)30-22(4,5)6/h8-12,18H,7,13-14H2,1-6H3,(H,27,28)(H2,23,24,25). The number of hydrogen-bond acceptors (Lipinski definition) is 5. The van der Waals surface area contributed by atoms with Gasteiger partial charge in [0.25, 0.3) is 0 Å². The van der Waals surface area contributed by atoms with Crippen molar-refractivity contribution in [2.24, 2.45) is 4.99 Å². The first-order valence-electron chi connectivity index (χ1n) is 10.2. The predicted octanol–water partition coefficient (Wildman–Crippen LogP) is 3.61. The summed E-state index contributed by atoms with van der Waals surface area (Å²) in [6.07, 6.45) is -0.467. The zero-order chi connectivity index (χ0) is 22.1. The number of nitrogens with zero attached hydrogens (tertiary/aromatic N) is 2. The van der Waals surface area contributed by atoms with Crippen LogP contribution in [0.15, 0.2) is 39.7 Å². The van der Waals surface area contributed by atoms with Gasteiger partial charge < -0.3 is 25.1 Å². The molecule has 0 aliphatic heterocycles. The van der Waals surface area contributed by atoms with E-state index in [1.54, 1.807) is 0 Å². The van der Waals surface area contributed by atoms with Crippen molar-refractivity contribution in [1.82, 2.24) is 20.9 Å². The van der Waals surface area contributed by atoms with Crippen LogP contribution in [0.4, 0.5) is 4.79 Å². The van der Waals surface area contributed by atoms with Gasteiger partial charge in [-0.05, 0) is 47.1 Å². The average molecular weight is 416 g/mol. The van der Waals surface area contributed by atoms with E-state index in [-0.39, 0.29) is 6.04 Å². The first-order chi connectivity index (χ1) is 14.2. The summed E-state index contributed by atoms with van der Waals surface area (Å²) in [5.74, 6) is 1.97. The molecule has 1 amide bonds. The van der Waals surface area contributed by atoms with Crippen LogP contribution >= 0.6 is 0 Å². The number of oxazole rings is 1. The summed E-state index contributed by atoms with van der Waals surface area (Å²) >= 11 is 0. The molecule has 1 heterocycles. The third kappa shape index (κ3) is 7.77. The lowest BCUT2D eigenvalue weighted by Crippen LogP contribution is -2.44. The van der Waals surface area contributed by atoms with Gasteiger partial charge in [-0.2, -0.15) is 0 Å². The van der Waals surface area contributed by atoms with Crippen LogP contribution < -0.4 is 16.0 Å². The van der Waals surface area contributed by atoms with Crippen molar-refractivity contribution >= 4 is 12.1 Å². The highest BCUT2D eigenvalue weighted by Gasteiger charge is 2.21. The number of benzene rings is 1. The van der Waals surface area contributed by atoms with E-state index in [0.29, 0.717) is 31.5 Å². The molecule has 0 fully saturated rings. The van der Waals surface area contributed by atoms with Gasteiger partial charge in [-0.25, -0.2) is 14.8 Å². The Balaban J connectivity index is 2.08. The fourth-order valence-corrected chi connectivity index (χ4v) is 2.68. The van der Waals surface area contributed by atoms with Crippen LogP contribution in [-0.2, 0) is 11.3 Å². The number of aliphatic imine (C=N–C) groups is 1. The van der Waals surface area contributed by atoms with E-state index >= 15 is 0 Å². The number of aryl methyl sites for hydroxylation is 2. The van der Waals surface area contributed by atoms with E-state index in [1.165, 1.54) is 0 Å². The highest BCUT2D eigenvalue weighted by Crippen LogP contribution is 2.14. The number of carbonyl (C=O) groups is 1. The van der Waals surface area contributed by atoms with E-state index in [4.69, 9.17) is 9.15 Å². The Hall–Kier alpha value is -3.03. The minimum Gasteiger partial charge on any atom is -0.444 e. The molecule has 1 aromatic carbocycles. The number of rotatable bonds is 7. The fraction of sp³-hybridized carbons (Fsp3) is 0.500. The molecule has 0 saturated carbocycles. The molecule has 2 aromatic rings. The quantitative estimate of drug-likeness (QED) is 0.472. The first kappa shape index (κ1) is 23.3. The van der Waals surface area contributed by atoms with E-state index < -0.39 is 11.7 Å². The van der Waals surface area contributed by atoms with Gasteiger partial charge >= 0.3 is 6.09 Å². The smallest absolute Gasteiger partial charge is 0.408 e. The van der Waals surface area contributed by atoms with Gasteiger partial charge in [0.15, 0.2) is 5.96 Å². The third-order valence-corrected chi connectivity index (χ3v) is 4.16. The summed E-state index contributed by atoms with van der Waals surface area (Å²) in [5.41, 5.74) is 1.26. The van der Waals surface area contributed by atoms with Gasteiger partial charge in [-0.3, -0.25) is 0 Å². The summed E-state index contributed by atoms with van der Waals surface area (Å²) in [6, 6.07) is 9.44. The van der Waals surface area contributed by atoms with Crippen molar-refractivity contribution in [3.63, 3.8) is 0 Å². The van der Waals surface area contributed by atoms with Crippen molar-refractivity contribution in [1.29, 1.82) is 0 Å². The normalized spacial score (nSPS) is 12.9. The number of hydrogen-bond donors (Lipinski definition) is 3. The number of carbonyl (C=O) groups excluding carboxylic acids is 1. The highest BCUT2D eigenvalue weighted by molar-refractivity contribution is 5.79. The lowest BCUT2D eigenvalue weighted by molar-refractivity contribution is 0.0504. The van der Waals surface area contributed by atoms with Crippen molar-refractivity contribution in [2.45, 2.75) is 59.7 Å². The van der Waals surface area contributed by atoms with Crippen LogP contribution in [0.2, 0.25) is 0 Å². The van der Waals surface area contributed by atoms with E-state index in [9.17, 15) is 4.79 Å². The van der Waals surface area contributed by atoms with Crippen LogP contribution in [-0.4, -0.2) is 35.7 Å². The minimum absolute atomic E-state index is 0.295. The van der Waals surface area contributed by atoms with Gasteiger partial charge in [0.2, 0.25) is 5.89 Å². The molecule has 1 unspecified atom stereocenters. The molecular weight excluding hydrogens is 382 g/mol. The van der Waals surface area contributed by atoms with Crippen LogP contribution in [0.5, 0.6) is 0 Å². The van der Waals surface area contributed by atoms with Crippen molar-refractivity contribution in [3.05, 3.63) is 53.2 Å². The van der Waals surface area contributed by atoms with Crippen LogP contribution in [0.25, 0.3) is 0 Å². The van der Waals surface area contributed by atoms with Gasteiger partial charge in [-0.1, -0.05) is 30.3 Å². The van der Waals surface area contributed by atoms with Crippen LogP contribution in [0.1, 0.15) is 56.6 Å². The second-order valence-electron chi connectivity index (χ2n) is 7.93. The number of guanidine groups is 1. The third-order valence-electron chi connectivity index (χ3n) is 4.16. The summed E-state index contributed by atoms with van der Waals surface area (Å²) < 4.78 is 11.0. The maximum absolute atomic E-state index is 12.3. The zero-order valence-corrected chi connectivity index (χ0v) is 18.7. The molecule has 0 radical (unpaired) electrons. The average Bonchev–Trinajstić information content (AvgIpc) is 2.99. The molecule has 0 aliphatic rings. The molecule has 164 valence electrons. The van der Waals surface area contributed by atoms with E-state index in [0.717, 1.165) is 17.0 Å². The number of aromatic nitrogens is 1. The predicted molar refractivity (Wildman–Crippen MR) is 117 cm³/mol. The molecule has 1 aromatic heterocycles. The molecule has 8 nitrogen and oxygen atoms in total. The molecule has 0 bridgehead atoms. The van der Waals surface area contributed by atoms with E-state index in [1.807, 2.05) is 71.9 Å². The molecule has 30 heavy (non-hydrogen) atoms. The lowest BCUT2D eigenvalue weighted by atomic mass is 10.1. The monoisotopic (exact) mass is 415 g/mol. The summed E-state index contributed by atoms with van der Waals surface area (Å²) in [6.45, 7) is 12.7. The Bertz CT molecular complexity index is 821. The Morgan fingerprint density at radius 2 is 1.90 bits per heavy atom. The van der Waals surface area contributed by atoms with Crippen LogP contribution in [0.3, 0.4) is 0 Å². The SMILES string of the molecule is CCNC(=NCc1nc(C)c(C)o1)NCC(NC(=O)OC(C)(C)C)c1ccccc1. The molecular formula is C22H33N5O3. The first-order valence-corrected chi connectivity index (χ1v) is 10.2. The minimum atomic E-state index is -0.568. The van der Waals surface area contributed by atoms with Crippen LogP contribution in [0, 0.1) is 13.8 Å². The summed E-state index contributed by atoms with van der Waals surface area (Å²) in [5, 5.41) is 9.41. The topological polar surface area (TPSA) is 101 Å². The number of nitrogens with one attached hydrogen (secondary N) is 3. The number of amides is 1. The number of ether oxygens (including phenoxy) is 1. The summed E-state index contributed by atoms with van der Waals surface area (Å²) in [7, 11) is 0. The second kappa shape index (κ2) is 10.7. The maximum atomic E-state index is 12.3. The largest absolute Gasteiger partial charge is 0.444 e. The molecule has 3 N–H and O–H groups in total. The van der Waals surface area contributed by atoms with Gasteiger partial charge in [0.05, 0.1) is 11.7 Å². The molecule has 8 heteroatoms. The highest BCUT2D eigenvalue weighted by atomic mass is 16.6.